The lowest BCUT2D eigenvalue weighted by atomic mass is 10.2. The number of fused-ring (bicyclic) bond motifs is 1. The highest BCUT2D eigenvalue weighted by Crippen LogP contribution is 2.37. The number of benzene rings is 1. The van der Waals surface area contributed by atoms with Gasteiger partial charge in [-0.3, -0.25) is 9.79 Å². The van der Waals surface area contributed by atoms with E-state index in [-0.39, 0.29) is 41.4 Å². The van der Waals surface area contributed by atoms with Gasteiger partial charge in [0.25, 0.3) is 0 Å². The van der Waals surface area contributed by atoms with E-state index in [0.29, 0.717) is 11.7 Å². The summed E-state index contributed by atoms with van der Waals surface area (Å²) in [5.41, 5.74) is 0.812. The molecule has 0 aliphatic carbocycles. The molecular weight excluding hydrogens is 414 g/mol. The minimum Gasteiger partial charge on any atom is -0.497 e. The summed E-state index contributed by atoms with van der Waals surface area (Å²) in [7, 11) is -1.42. The Morgan fingerprint density at radius 3 is 2.79 bits per heavy atom. The highest BCUT2D eigenvalue weighted by atomic mass is 32.2. The Kier molecular flexibility index (Phi) is 6.03. The lowest BCUT2D eigenvalue weighted by molar-refractivity contribution is -0.120. The van der Waals surface area contributed by atoms with Gasteiger partial charge in [-0.2, -0.15) is 0 Å². The molecule has 3 heterocycles. The molecule has 1 amide bonds. The largest absolute Gasteiger partial charge is 0.497 e. The lowest BCUT2D eigenvalue weighted by Crippen LogP contribution is -2.42. The average Bonchev–Trinajstić information content (AvgIpc) is 3.39. The molecular formula is C19H25N3O5S2. The van der Waals surface area contributed by atoms with E-state index in [9.17, 15) is 13.2 Å². The molecule has 3 atom stereocenters. The molecule has 8 nitrogen and oxygen atoms in total. The van der Waals surface area contributed by atoms with E-state index >= 15 is 0 Å². The van der Waals surface area contributed by atoms with Crippen molar-refractivity contribution in [2.24, 2.45) is 4.99 Å². The van der Waals surface area contributed by atoms with Gasteiger partial charge in [-0.05, 0) is 37.1 Å². The molecule has 1 aromatic carbocycles. The fraction of sp³-hybridized carbons (Fsp3) is 0.579. The van der Waals surface area contributed by atoms with Gasteiger partial charge in [0.15, 0.2) is 15.0 Å². The standard InChI is InChI=1S/C19H25N3O5S2/c1-26-14-6-4-13(5-7-14)22(10-18(23)20-9-15-3-2-8-27-15)19-21-16-11-29(24,25)12-17(16)28-19/h4-7,15-17H,2-3,8-12H2,1H3,(H,20,23)/t15-,16-,17-/m0/s1. The molecule has 0 radical (unpaired) electrons. The van der Waals surface area contributed by atoms with Crippen molar-refractivity contribution in [1.82, 2.24) is 5.32 Å². The smallest absolute Gasteiger partial charge is 0.240 e. The van der Waals surface area contributed by atoms with Crippen LogP contribution in [-0.4, -0.2) is 75.2 Å². The van der Waals surface area contributed by atoms with Crippen LogP contribution in [-0.2, 0) is 19.4 Å². The maximum atomic E-state index is 12.6. The average molecular weight is 440 g/mol. The van der Waals surface area contributed by atoms with E-state index in [0.717, 1.165) is 30.9 Å². The number of thioether (sulfide) groups is 1. The second-order valence-corrected chi connectivity index (χ2v) is 10.8. The fourth-order valence-electron chi connectivity index (χ4n) is 3.73. The summed E-state index contributed by atoms with van der Waals surface area (Å²) in [6, 6.07) is 7.17. The minimum absolute atomic E-state index is 0.0781. The van der Waals surface area contributed by atoms with Gasteiger partial charge in [0.2, 0.25) is 5.91 Å². The zero-order valence-electron chi connectivity index (χ0n) is 16.2. The number of carbonyl (C=O) groups excluding carboxylic acids is 1. The van der Waals surface area contributed by atoms with Crippen molar-refractivity contribution in [3.8, 4) is 5.75 Å². The van der Waals surface area contributed by atoms with E-state index in [4.69, 9.17) is 9.47 Å². The van der Waals surface area contributed by atoms with Gasteiger partial charge in [0.1, 0.15) is 12.3 Å². The second kappa shape index (κ2) is 8.53. The first-order valence-corrected chi connectivity index (χ1v) is 12.4. The Bertz CT molecular complexity index is 882. The first-order chi connectivity index (χ1) is 13.9. The van der Waals surface area contributed by atoms with Crippen molar-refractivity contribution in [1.29, 1.82) is 0 Å². The number of rotatable bonds is 6. The summed E-state index contributed by atoms with van der Waals surface area (Å²) in [6.45, 7) is 1.35. The minimum atomic E-state index is -3.03. The van der Waals surface area contributed by atoms with E-state index in [1.54, 1.807) is 7.11 Å². The van der Waals surface area contributed by atoms with E-state index < -0.39 is 9.84 Å². The zero-order chi connectivity index (χ0) is 20.4. The maximum absolute atomic E-state index is 12.6. The SMILES string of the molecule is COc1ccc(N(CC(=O)NC[C@@H]2CCCO2)C2=N[C@H]3CS(=O)(=O)C[C@@H]3S2)cc1. The number of nitrogens with zero attached hydrogens (tertiary/aromatic N) is 2. The van der Waals surface area contributed by atoms with Crippen LogP contribution in [0.4, 0.5) is 5.69 Å². The van der Waals surface area contributed by atoms with Crippen LogP contribution in [0.1, 0.15) is 12.8 Å². The molecule has 4 rings (SSSR count). The third kappa shape index (κ3) is 4.87. The molecule has 10 heteroatoms. The Morgan fingerprint density at radius 2 is 2.14 bits per heavy atom. The number of methoxy groups -OCH3 is 1. The molecule has 158 valence electrons. The number of aliphatic imine (C=N–C) groups is 1. The summed E-state index contributed by atoms with van der Waals surface area (Å²) in [6.07, 6.45) is 2.07. The van der Waals surface area contributed by atoms with Gasteiger partial charge in [-0.15, -0.1) is 0 Å². The van der Waals surface area contributed by atoms with Crippen LogP contribution in [0.15, 0.2) is 29.3 Å². The van der Waals surface area contributed by atoms with E-state index in [1.807, 2.05) is 29.2 Å². The van der Waals surface area contributed by atoms with Crippen LogP contribution in [0.25, 0.3) is 0 Å². The number of amidine groups is 1. The van der Waals surface area contributed by atoms with Crippen molar-refractivity contribution in [2.75, 3.05) is 43.2 Å². The molecule has 2 fully saturated rings. The molecule has 1 N–H and O–H groups in total. The first kappa shape index (κ1) is 20.5. The van der Waals surface area contributed by atoms with Crippen molar-refractivity contribution in [2.45, 2.75) is 30.2 Å². The van der Waals surface area contributed by atoms with Crippen molar-refractivity contribution >= 4 is 38.4 Å². The van der Waals surface area contributed by atoms with Gasteiger partial charge in [-0.25, -0.2) is 8.42 Å². The van der Waals surface area contributed by atoms with E-state index in [1.165, 1.54) is 11.8 Å². The van der Waals surface area contributed by atoms with Crippen molar-refractivity contribution in [3.63, 3.8) is 0 Å². The number of carbonyl (C=O) groups is 1. The zero-order valence-corrected chi connectivity index (χ0v) is 17.9. The monoisotopic (exact) mass is 439 g/mol. The first-order valence-electron chi connectivity index (χ1n) is 9.68. The van der Waals surface area contributed by atoms with Crippen LogP contribution in [0.5, 0.6) is 5.75 Å². The van der Waals surface area contributed by atoms with Crippen molar-refractivity contribution in [3.05, 3.63) is 24.3 Å². The van der Waals surface area contributed by atoms with Gasteiger partial charge in [-0.1, -0.05) is 11.8 Å². The Balaban J connectivity index is 1.49. The topological polar surface area (TPSA) is 97.3 Å². The van der Waals surface area contributed by atoms with Gasteiger partial charge in [0, 0.05) is 24.1 Å². The highest BCUT2D eigenvalue weighted by Gasteiger charge is 2.44. The van der Waals surface area contributed by atoms with Gasteiger partial charge < -0.3 is 19.7 Å². The summed E-state index contributed by atoms with van der Waals surface area (Å²) >= 11 is 1.44. The Labute approximate surface area is 175 Å². The predicted molar refractivity (Wildman–Crippen MR) is 114 cm³/mol. The number of amides is 1. The Morgan fingerprint density at radius 1 is 1.34 bits per heavy atom. The molecule has 1 aromatic rings. The number of ether oxygens (including phenoxy) is 2. The highest BCUT2D eigenvalue weighted by molar-refractivity contribution is 8.15. The van der Waals surface area contributed by atoms with E-state index in [2.05, 4.69) is 10.3 Å². The number of anilines is 1. The molecule has 0 aromatic heterocycles. The molecule has 29 heavy (non-hydrogen) atoms. The quantitative estimate of drug-likeness (QED) is 0.708. The third-order valence-corrected chi connectivity index (χ3v) is 8.52. The van der Waals surface area contributed by atoms with Crippen LogP contribution >= 0.6 is 11.8 Å². The lowest BCUT2D eigenvalue weighted by Gasteiger charge is -2.24. The number of hydrogen-bond acceptors (Lipinski definition) is 8. The summed E-state index contributed by atoms with van der Waals surface area (Å²) < 4.78 is 34.5. The molecule has 0 saturated carbocycles. The van der Waals surface area contributed by atoms with Crippen LogP contribution in [0.2, 0.25) is 0 Å². The summed E-state index contributed by atoms with van der Waals surface area (Å²) in [5, 5.41) is 3.55. The fourth-order valence-corrected chi connectivity index (χ4v) is 7.52. The molecule has 0 unspecified atom stereocenters. The van der Waals surface area contributed by atoms with Gasteiger partial charge in [0.05, 0.1) is 30.8 Å². The third-order valence-electron chi connectivity index (χ3n) is 5.27. The van der Waals surface area contributed by atoms with Crippen LogP contribution in [0.3, 0.4) is 0 Å². The molecule has 0 spiro atoms. The van der Waals surface area contributed by atoms with Crippen LogP contribution < -0.4 is 15.0 Å². The molecule has 2 saturated heterocycles. The molecule has 3 aliphatic heterocycles. The molecule has 0 bridgehead atoms. The normalized spacial score (nSPS) is 27.3. The number of sulfone groups is 1. The Hall–Kier alpha value is -1.78. The predicted octanol–water partition coefficient (Wildman–Crippen LogP) is 1.07. The van der Waals surface area contributed by atoms with Crippen LogP contribution in [0, 0.1) is 0 Å². The van der Waals surface area contributed by atoms with Gasteiger partial charge >= 0.3 is 0 Å². The summed E-state index contributed by atoms with van der Waals surface area (Å²) in [4.78, 5) is 19.1. The number of hydrogen-bond donors (Lipinski definition) is 1. The number of nitrogens with one attached hydrogen (secondary N) is 1. The second-order valence-electron chi connectivity index (χ2n) is 7.44. The van der Waals surface area contributed by atoms with Crippen molar-refractivity contribution < 1.29 is 22.7 Å². The maximum Gasteiger partial charge on any atom is 0.240 e. The molecule has 3 aliphatic rings. The summed E-state index contributed by atoms with van der Waals surface area (Å²) in [5.74, 6) is 0.817.